The van der Waals surface area contributed by atoms with Crippen molar-refractivity contribution < 1.29 is 23.3 Å². The molecule has 0 heterocycles. The van der Waals surface area contributed by atoms with E-state index >= 15 is 0 Å². The molecular formula is C7H19NO4P+. The highest BCUT2D eigenvalue weighted by Crippen LogP contribution is 2.45. The maximum absolute atomic E-state index is 11.2. The van der Waals surface area contributed by atoms with Crippen molar-refractivity contribution in [2.45, 2.75) is 19.8 Å². The van der Waals surface area contributed by atoms with Crippen LogP contribution in [0.4, 0.5) is 0 Å². The fourth-order valence-corrected chi connectivity index (χ4v) is 1.68. The molecule has 0 aromatic heterocycles. The van der Waals surface area contributed by atoms with Crippen molar-refractivity contribution in [3.63, 3.8) is 0 Å². The summed E-state index contributed by atoms with van der Waals surface area (Å²) in [7, 11) is 1.06. The highest BCUT2D eigenvalue weighted by molar-refractivity contribution is 7.47. The van der Waals surface area contributed by atoms with Crippen LogP contribution in [0.2, 0.25) is 0 Å². The minimum absolute atomic E-state index is 0.0557. The molecule has 0 aliphatic carbocycles. The summed E-state index contributed by atoms with van der Waals surface area (Å²) in [5.74, 6) is 0. The van der Waals surface area contributed by atoms with Gasteiger partial charge < -0.3 is 0 Å². The molecule has 6 heteroatoms. The monoisotopic (exact) mass is 212 g/mol. The van der Waals surface area contributed by atoms with Gasteiger partial charge in [0, 0.05) is 0 Å². The van der Waals surface area contributed by atoms with E-state index in [0.717, 1.165) is 12.8 Å². The number of phosphoric acid groups is 1. The van der Waals surface area contributed by atoms with Gasteiger partial charge in [-0.05, 0) is 6.42 Å². The number of unbranched alkanes of at least 4 members (excludes halogenated alkanes) is 1. The van der Waals surface area contributed by atoms with E-state index in [-0.39, 0.29) is 11.3 Å². The molecule has 0 saturated heterocycles. The zero-order valence-electron chi connectivity index (χ0n) is 8.69. The number of hydrogen-bond donors (Lipinski definition) is 1. The number of hydroxylamine groups is 3. The second-order valence-electron chi connectivity index (χ2n) is 3.63. The number of nitrogens with zero attached hydrogens (tertiary/aromatic N) is 1. The Morgan fingerprint density at radius 3 is 2.31 bits per heavy atom. The molecule has 0 aromatic rings. The van der Waals surface area contributed by atoms with Gasteiger partial charge in [-0.2, -0.15) is 4.65 Å². The van der Waals surface area contributed by atoms with Crippen LogP contribution in [-0.4, -0.2) is 37.3 Å². The van der Waals surface area contributed by atoms with Gasteiger partial charge in [0.05, 0.1) is 27.7 Å². The van der Waals surface area contributed by atoms with Crippen LogP contribution in [0.3, 0.4) is 0 Å². The van der Waals surface area contributed by atoms with Crippen LogP contribution in [0, 0.1) is 0 Å². The summed E-state index contributed by atoms with van der Waals surface area (Å²) in [5, 5.41) is 0. The summed E-state index contributed by atoms with van der Waals surface area (Å²) in [4.78, 5) is 9.17. The van der Waals surface area contributed by atoms with Crippen LogP contribution in [0.5, 0.6) is 0 Å². The molecule has 0 spiro atoms. The van der Waals surface area contributed by atoms with E-state index in [4.69, 9.17) is 9.15 Å². The van der Waals surface area contributed by atoms with E-state index < -0.39 is 7.82 Å². The minimum Gasteiger partial charge on any atom is -0.300 e. The lowest BCUT2D eigenvalue weighted by Gasteiger charge is -2.22. The van der Waals surface area contributed by atoms with Gasteiger partial charge in [-0.15, -0.1) is 0 Å². The first-order valence-corrected chi connectivity index (χ1v) is 5.76. The van der Waals surface area contributed by atoms with Crippen molar-refractivity contribution in [2.24, 2.45) is 0 Å². The Bertz CT molecular complexity index is 189. The first-order chi connectivity index (χ1) is 5.77. The van der Waals surface area contributed by atoms with Crippen LogP contribution in [0.15, 0.2) is 0 Å². The van der Waals surface area contributed by atoms with Gasteiger partial charge in [0.2, 0.25) is 0 Å². The van der Waals surface area contributed by atoms with Crippen LogP contribution in [0.25, 0.3) is 0 Å². The Hall–Kier alpha value is 0.0700. The second kappa shape index (κ2) is 5.08. The molecule has 0 bridgehead atoms. The molecule has 0 aromatic carbocycles. The van der Waals surface area contributed by atoms with Gasteiger partial charge >= 0.3 is 7.82 Å². The van der Waals surface area contributed by atoms with Gasteiger partial charge in [-0.1, -0.05) is 18.0 Å². The van der Waals surface area contributed by atoms with Crippen molar-refractivity contribution >= 4 is 7.82 Å². The van der Waals surface area contributed by atoms with Crippen LogP contribution >= 0.6 is 7.82 Å². The zero-order chi connectivity index (χ0) is 10.5. The van der Waals surface area contributed by atoms with Crippen molar-refractivity contribution in [3.05, 3.63) is 0 Å². The average molecular weight is 212 g/mol. The largest absolute Gasteiger partial charge is 0.518 e. The third-order valence-electron chi connectivity index (χ3n) is 1.10. The molecular weight excluding hydrogens is 193 g/mol. The molecule has 0 aliphatic rings. The van der Waals surface area contributed by atoms with Gasteiger partial charge in [0.25, 0.3) is 0 Å². The molecule has 0 saturated carbocycles. The maximum Gasteiger partial charge on any atom is 0.518 e. The maximum atomic E-state index is 11.2. The molecule has 1 unspecified atom stereocenters. The summed E-state index contributed by atoms with van der Waals surface area (Å²) < 4.78 is 20.7. The molecule has 1 N–H and O–H groups in total. The van der Waals surface area contributed by atoms with Crippen molar-refractivity contribution in [3.8, 4) is 0 Å². The Kier molecular flexibility index (Phi) is 5.10. The van der Waals surface area contributed by atoms with Gasteiger partial charge in [-0.3, -0.25) is 9.42 Å². The molecule has 0 rings (SSSR count). The van der Waals surface area contributed by atoms with Gasteiger partial charge in [0.15, 0.2) is 0 Å². The predicted molar refractivity (Wildman–Crippen MR) is 49.8 cm³/mol. The molecule has 1 atom stereocenters. The summed E-state index contributed by atoms with van der Waals surface area (Å²) in [6.07, 6.45) is 1.68. The smallest absolute Gasteiger partial charge is 0.300 e. The molecule has 80 valence electrons. The van der Waals surface area contributed by atoms with E-state index in [2.05, 4.69) is 0 Å². The summed E-state index contributed by atoms with van der Waals surface area (Å²) in [5.41, 5.74) is 0. The zero-order valence-corrected chi connectivity index (χ0v) is 9.58. The quantitative estimate of drug-likeness (QED) is 0.314. The Balaban J connectivity index is 3.88. The summed E-state index contributed by atoms with van der Waals surface area (Å²) in [6, 6.07) is 0. The number of hydrogen-bond acceptors (Lipinski definition) is 3. The number of rotatable bonds is 6. The predicted octanol–water partition coefficient (Wildman–Crippen LogP) is 1.54. The van der Waals surface area contributed by atoms with E-state index in [1.807, 2.05) is 6.92 Å². The van der Waals surface area contributed by atoms with Crippen molar-refractivity contribution in [1.29, 1.82) is 0 Å². The SMILES string of the molecule is CCCCOP(=O)(O)O[N+](C)(C)C. The third-order valence-corrected chi connectivity index (χ3v) is 2.31. The Labute approximate surface area is 79.4 Å². The van der Waals surface area contributed by atoms with Crippen molar-refractivity contribution in [2.75, 3.05) is 27.7 Å². The fraction of sp³-hybridized carbons (Fsp3) is 1.00. The minimum atomic E-state index is -3.87. The van der Waals surface area contributed by atoms with E-state index in [1.165, 1.54) is 0 Å². The summed E-state index contributed by atoms with van der Waals surface area (Å²) >= 11 is 0. The van der Waals surface area contributed by atoms with Crippen LogP contribution in [-0.2, 0) is 13.7 Å². The fourth-order valence-electron chi connectivity index (χ4n) is 0.657. The van der Waals surface area contributed by atoms with Crippen molar-refractivity contribution in [1.82, 2.24) is 0 Å². The third kappa shape index (κ3) is 8.40. The first kappa shape index (κ1) is 13.1. The molecule has 0 fully saturated rings. The molecule has 0 radical (unpaired) electrons. The number of phosphoric ester groups is 1. The second-order valence-corrected chi connectivity index (χ2v) is 4.98. The summed E-state index contributed by atoms with van der Waals surface area (Å²) in [6.45, 7) is 2.23. The molecule has 0 aliphatic heterocycles. The Morgan fingerprint density at radius 1 is 1.38 bits per heavy atom. The lowest BCUT2D eigenvalue weighted by atomic mass is 10.4. The van der Waals surface area contributed by atoms with E-state index in [1.54, 1.807) is 21.1 Å². The van der Waals surface area contributed by atoms with E-state index in [0.29, 0.717) is 0 Å². The molecule has 0 amide bonds. The lowest BCUT2D eigenvalue weighted by molar-refractivity contribution is -1.04. The van der Waals surface area contributed by atoms with Crippen LogP contribution < -0.4 is 0 Å². The normalized spacial score (nSPS) is 17.0. The molecule has 13 heavy (non-hydrogen) atoms. The molecule has 5 nitrogen and oxygen atoms in total. The van der Waals surface area contributed by atoms with E-state index in [9.17, 15) is 9.46 Å². The van der Waals surface area contributed by atoms with Gasteiger partial charge in [-0.25, -0.2) is 4.57 Å². The standard InChI is InChI=1S/C7H18NO4P/c1-5-6-7-11-13(9,10)12-8(2,3)4/h5-7H2,1-4H3/p+1. The van der Waals surface area contributed by atoms with Crippen LogP contribution in [0.1, 0.15) is 19.8 Å². The highest BCUT2D eigenvalue weighted by Gasteiger charge is 2.30. The highest BCUT2D eigenvalue weighted by atomic mass is 31.2. The van der Waals surface area contributed by atoms with Gasteiger partial charge in [0.1, 0.15) is 0 Å². The Morgan fingerprint density at radius 2 is 1.92 bits per heavy atom. The average Bonchev–Trinajstić information content (AvgIpc) is 1.81. The topological polar surface area (TPSA) is 55.8 Å². The lowest BCUT2D eigenvalue weighted by Crippen LogP contribution is -2.33. The number of quaternary nitrogens is 1. The first-order valence-electron chi connectivity index (χ1n) is 4.27.